The lowest BCUT2D eigenvalue weighted by Crippen LogP contribution is -1.93. The average molecular weight is 239 g/mol. The van der Waals surface area contributed by atoms with Gasteiger partial charge in [0.25, 0.3) is 0 Å². The van der Waals surface area contributed by atoms with Crippen molar-refractivity contribution in [1.82, 2.24) is 0 Å². The highest BCUT2D eigenvalue weighted by atomic mass is 32.1. The summed E-state index contributed by atoms with van der Waals surface area (Å²) >= 11 is 1.33. The number of nitrogens with two attached hydrogens (primary N) is 1. The number of thiophene rings is 1. The van der Waals surface area contributed by atoms with Crippen molar-refractivity contribution in [2.45, 2.75) is 13.8 Å². The van der Waals surface area contributed by atoms with Crippen molar-refractivity contribution in [2.75, 3.05) is 5.73 Å². The number of aryl methyl sites for hydroxylation is 1. The van der Waals surface area contributed by atoms with Crippen molar-refractivity contribution < 1.29 is 8.78 Å². The van der Waals surface area contributed by atoms with E-state index < -0.39 is 11.6 Å². The first kappa shape index (κ1) is 11.1. The minimum atomic E-state index is -0.805. The van der Waals surface area contributed by atoms with E-state index in [2.05, 4.69) is 0 Å². The van der Waals surface area contributed by atoms with Gasteiger partial charge in [-0.2, -0.15) is 0 Å². The third-order valence-electron chi connectivity index (χ3n) is 2.64. The number of benzene rings is 1. The molecule has 0 saturated carbocycles. The molecule has 0 spiro atoms. The fourth-order valence-electron chi connectivity index (χ4n) is 1.55. The molecule has 0 fully saturated rings. The number of anilines is 1. The predicted octanol–water partition coefficient (Wildman–Crippen LogP) is 3.89. The largest absolute Gasteiger partial charge is 0.390 e. The summed E-state index contributed by atoms with van der Waals surface area (Å²) in [5.41, 5.74) is 7.74. The molecule has 0 saturated heterocycles. The van der Waals surface area contributed by atoms with Gasteiger partial charge in [-0.3, -0.25) is 0 Å². The minimum Gasteiger partial charge on any atom is -0.390 e. The van der Waals surface area contributed by atoms with Crippen LogP contribution in [0.25, 0.3) is 11.1 Å². The van der Waals surface area contributed by atoms with Crippen LogP contribution in [0.1, 0.15) is 11.1 Å². The maximum atomic E-state index is 13.7. The fraction of sp³-hybridized carbons (Fsp3) is 0.167. The van der Waals surface area contributed by atoms with Crippen molar-refractivity contribution in [3.8, 4) is 11.1 Å². The molecule has 1 nitrogen and oxygen atoms in total. The summed E-state index contributed by atoms with van der Waals surface area (Å²) in [4.78, 5) is 0. The summed E-state index contributed by atoms with van der Waals surface area (Å²) in [7, 11) is 0. The van der Waals surface area contributed by atoms with Gasteiger partial charge in [0.05, 0.1) is 5.00 Å². The quantitative estimate of drug-likeness (QED) is 0.802. The van der Waals surface area contributed by atoms with Crippen LogP contribution in [-0.2, 0) is 0 Å². The zero-order valence-electron chi connectivity index (χ0n) is 8.97. The molecule has 16 heavy (non-hydrogen) atoms. The van der Waals surface area contributed by atoms with E-state index in [1.807, 2.05) is 0 Å². The Morgan fingerprint density at radius 1 is 1.06 bits per heavy atom. The number of rotatable bonds is 1. The Labute approximate surface area is 96.5 Å². The van der Waals surface area contributed by atoms with Crippen LogP contribution in [0.15, 0.2) is 17.5 Å². The van der Waals surface area contributed by atoms with Crippen LogP contribution in [-0.4, -0.2) is 0 Å². The Kier molecular flexibility index (Phi) is 2.68. The van der Waals surface area contributed by atoms with Crippen molar-refractivity contribution in [1.29, 1.82) is 0 Å². The van der Waals surface area contributed by atoms with Gasteiger partial charge in [-0.1, -0.05) is 12.1 Å². The molecule has 1 aromatic carbocycles. The smallest absolute Gasteiger partial charge is 0.166 e. The fourth-order valence-corrected chi connectivity index (χ4v) is 2.39. The van der Waals surface area contributed by atoms with Gasteiger partial charge in [0, 0.05) is 16.5 Å². The Balaban J connectivity index is 2.66. The highest BCUT2D eigenvalue weighted by Crippen LogP contribution is 2.35. The molecule has 2 rings (SSSR count). The maximum absolute atomic E-state index is 13.7. The van der Waals surface area contributed by atoms with Crippen LogP contribution >= 0.6 is 11.3 Å². The molecule has 0 bridgehead atoms. The number of hydrogen-bond donors (Lipinski definition) is 1. The normalized spacial score (nSPS) is 10.8. The maximum Gasteiger partial charge on any atom is 0.166 e. The van der Waals surface area contributed by atoms with Crippen LogP contribution in [0.3, 0.4) is 0 Å². The summed E-state index contributed by atoms with van der Waals surface area (Å²) in [6, 6.07) is 3.16. The van der Waals surface area contributed by atoms with E-state index >= 15 is 0 Å². The molecular weight excluding hydrogens is 228 g/mol. The summed E-state index contributed by atoms with van der Waals surface area (Å²) < 4.78 is 27.1. The Bertz CT molecular complexity index is 546. The average Bonchev–Trinajstić information content (AvgIpc) is 2.58. The van der Waals surface area contributed by atoms with Gasteiger partial charge in [-0.25, -0.2) is 8.78 Å². The summed E-state index contributed by atoms with van der Waals surface area (Å²) in [6.07, 6.45) is 0. The van der Waals surface area contributed by atoms with E-state index in [0.717, 1.165) is 5.56 Å². The van der Waals surface area contributed by atoms with E-state index in [-0.39, 0.29) is 5.56 Å². The molecule has 1 heterocycles. The Hall–Kier alpha value is -1.42. The molecule has 0 unspecified atom stereocenters. The zero-order chi connectivity index (χ0) is 11.9. The van der Waals surface area contributed by atoms with Crippen molar-refractivity contribution >= 4 is 16.3 Å². The third kappa shape index (κ3) is 1.59. The number of hydrogen-bond acceptors (Lipinski definition) is 2. The van der Waals surface area contributed by atoms with Gasteiger partial charge in [-0.05, 0) is 25.0 Å². The standard InChI is InChI=1S/C12H11F2NS/c1-6-3-4-8(11(14)10(6)13)9-5-16-12(15)7(9)2/h3-5H,15H2,1-2H3. The number of nitrogen functional groups attached to an aromatic ring is 1. The molecule has 0 atom stereocenters. The van der Waals surface area contributed by atoms with Crippen LogP contribution in [0.4, 0.5) is 13.8 Å². The van der Waals surface area contributed by atoms with Crippen molar-refractivity contribution in [3.63, 3.8) is 0 Å². The van der Waals surface area contributed by atoms with E-state index in [1.165, 1.54) is 18.3 Å². The first-order chi connectivity index (χ1) is 7.52. The summed E-state index contributed by atoms with van der Waals surface area (Å²) in [6.45, 7) is 3.34. The molecule has 2 N–H and O–H groups in total. The highest BCUT2D eigenvalue weighted by Gasteiger charge is 2.15. The second-order valence-corrected chi connectivity index (χ2v) is 4.61. The van der Waals surface area contributed by atoms with Gasteiger partial charge < -0.3 is 5.73 Å². The van der Waals surface area contributed by atoms with Crippen molar-refractivity contribution in [2.24, 2.45) is 0 Å². The first-order valence-corrected chi connectivity index (χ1v) is 5.69. The SMILES string of the molecule is Cc1ccc(-c2csc(N)c2C)c(F)c1F. The van der Waals surface area contributed by atoms with E-state index in [9.17, 15) is 8.78 Å². The second kappa shape index (κ2) is 3.87. The molecule has 0 aliphatic rings. The molecule has 2 aromatic rings. The van der Waals surface area contributed by atoms with E-state index in [1.54, 1.807) is 24.4 Å². The van der Waals surface area contributed by atoms with Gasteiger partial charge in [0.15, 0.2) is 11.6 Å². The van der Waals surface area contributed by atoms with Gasteiger partial charge in [-0.15, -0.1) is 11.3 Å². The molecular formula is C12H11F2NS. The predicted molar refractivity (Wildman–Crippen MR) is 63.6 cm³/mol. The monoisotopic (exact) mass is 239 g/mol. The number of halogens is 2. The Morgan fingerprint density at radius 2 is 1.75 bits per heavy atom. The molecule has 0 radical (unpaired) electrons. The van der Waals surface area contributed by atoms with Gasteiger partial charge >= 0.3 is 0 Å². The van der Waals surface area contributed by atoms with E-state index in [4.69, 9.17) is 5.73 Å². The topological polar surface area (TPSA) is 26.0 Å². The highest BCUT2D eigenvalue weighted by molar-refractivity contribution is 7.14. The van der Waals surface area contributed by atoms with Crippen molar-refractivity contribution in [3.05, 3.63) is 40.3 Å². The van der Waals surface area contributed by atoms with Gasteiger partial charge in [0.1, 0.15) is 0 Å². The minimum absolute atomic E-state index is 0.272. The summed E-state index contributed by atoms with van der Waals surface area (Å²) in [5.74, 6) is -1.59. The third-order valence-corrected chi connectivity index (χ3v) is 3.56. The summed E-state index contributed by atoms with van der Waals surface area (Å²) in [5, 5.41) is 2.38. The van der Waals surface area contributed by atoms with Crippen LogP contribution in [0.2, 0.25) is 0 Å². The molecule has 1 aromatic heterocycles. The molecule has 4 heteroatoms. The van der Waals surface area contributed by atoms with Crippen LogP contribution < -0.4 is 5.73 Å². The van der Waals surface area contributed by atoms with Crippen LogP contribution in [0, 0.1) is 25.5 Å². The lowest BCUT2D eigenvalue weighted by atomic mass is 10.0. The molecule has 84 valence electrons. The zero-order valence-corrected chi connectivity index (χ0v) is 9.79. The lowest BCUT2D eigenvalue weighted by Gasteiger charge is -2.05. The lowest BCUT2D eigenvalue weighted by molar-refractivity contribution is 0.505. The molecule has 0 aliphatic carbocycles. The Morgan fingerprint density at radius 3 is 2.31 bits per heavy atom. The van der Waals surface area contributed by atoms with Gasteiger partial charge in [0.2, 0.25) is 0 Å². The molecule has 0 aliphatic heterocycles. The molecule has 0 amide bonds. The van der Waals surface area contributed by atoms with Crippen LogP contribution in [0.5, 0.6) is 0 Å². The first-order valence-electron chi connectivity index (χ1n) is 4.81. The second-order valence-electron chi connectivity index (χ2n) is 3.70. The van der Waals surface area contributed by atoms with E-state index in [0.29, 0.717) is 16.1 Å².